The number of anilines is 2. The molecule has 0 bridgehead atoms. The summed E-state index contributed by atoms with van der Waals surface area (Å²) >= 11 is 0. The number of aromatic hydroxyl groups is 1. The molecule has 41 heavy (non-hydrogen) atoms. The van der Waals surface area contributed by atoms with Gasteiger partial charge in [-0.2, -0.15) is 9.97 Å². The minimum Gasteiger partial charge on any atom is -0.508 e. The molecule has 0 aliphatic carbocycles. The lowest BCUT2D eigenvalue weighted by atomic mass is 10.0. The lowest BCUT2D eigenvalue weighted by Crippen LogP contribution is -2.49. The largest absolute Gasteiger partial charge is 0.508 e. The van der Waals surface area contributed by atoms with Crippen LogP contribution in [0.15, 0.2) is 49.1 Å². The lowest BCUT2D eigenvalue weighted by Gasteiger charge is -2.38. The smallest absolute Gasteiger partial charge is 0.318 e. The number of nitrogens with zero attached hydrogens (tertiary/aromatic N) is 6. The molecule has 0 unspecified atom stereocenters. The highest BCUT2D eigenvalue weighted by molar-refractivity contribution is 5.95. The topological polar surface area (TPSA) is 85.3 Å². The van der Waals surface area contributed by atoms with Gasteiger partial charge in [-0.1, -0.05) is 37.3 Å². The zero-order valence-corrected chi connectivity index (χ0v) is 24.0. The Morgan fingerprint density at radius 2 is 1.90 bits per heavy atom. The highest BCUT2D eigenvalue weighted by atomic mass is 16.5. The Hall–Kier alpha value is -3.85. The van der Waals surface area contributed by atoms with Crippen LogP contribution >= 0.6 is 0 Å². The molecule has 3 aromatic rings. The summed E-state index contributed by atoms with van der Waals surface area (Å²) in [7, 11) is 0. The van der Waals surface area contributed by atoms with Gasteiger partial charge >= 0.3 is 6.01 Å². The molecular weight excluding hydrogens is 516 g/mol. The van der Waals surface area contributed by atoms with Gasteiger partial charge in [-0.15, -0.1) is 0 Å². The minimum absolute atomic E-state index is 0.0284. The van der Waals surface area contributed by atoms with Crippen LogP contribution in [0.3, 0.4) is 0 Å². The summed E-state index contributed by atoms with van der Waals surface area (Å²) in [5.41, 5.74) is 3.11. The van der Waals surface area contributed by atoms with Gasteiger partial charge in [0.25, 0.3) is 0 Å². The summed E-state index contributed by atoms with van der Waals surface area (Å²) in [5.74, 6) is 1.15. The third-order valence-corrected chi connectivity index (χ3v) is 8.80. The number of carbonyl (C=O) groups is 1. The monoisotopic (exact) mass is 556 g/mol. The first-order chi connectivity index (χ1) is 20.0. The molecule has 3 aliphatic heterocycles. The van der Waals surface area contributed by atoms with Crippen molar-refractivity contribution >= 4 is 28.2 Å². The average Bonchev–Trinajstić information content (AvgIpc) is 3.00. The van der Waals surface area contributed by atoms with Gasteiger partial charge in [0.05, 0.1) is 12.2 Å². The number of ether oxygens (including phenoxy) is 1. The number of hydrogen-bond acceptors (Lipinski definition) is 8. The van der Waals surface area contributed by atoms with Crippen molar-refractivity contribution in [2.24, 2.45) is 0 Å². The van der Waals surface area contributed by atoms with Crippen LogP contribution in [0.5, 0.6) is 11.8 Å². The standard InChI is InChI=1S/C32H40N6O3/c1-3-30(40)36-14-16-37(17-15-36)31-27-11-13-38(29-21-25(39)20-24-9-4-5-10-26(24)29)22-28(27)33-32(34-31)41-19-18-35-12-7-6-8-23(35)2/h3-5,9-10,20-21,23,39H,1,6-8,11-19,22H2,2H3/t23-/m0/s1. The molecule has 2 aromatic carbocycles. The maximum Gasteiger partial charge on any atom is 0.318 e. The Kier molecular flexibility index (Phi) is 7.96. The number of likely N-dealkylation sites (tertiary alicyclic amines) is 1. The predicted molar refractivity (Wildman–Crippen MR) is 162 cm³/mol. The summed E-state index contributed by atoms with van der Waals surface area (Å²) < 4.78 is 6.23. The van der Waals surface area contributed by atoms with Gasteiger partial charge in [-0.05, 0) is 50.3 Å². The zero-order chi connectivity index (χ0) is 28.3. The molecular formula is C32H40N6O3. The lowest BCUT2D eigenvalue weighted by molar-refractivity contribution is -0.126. The number of phenols is 1. The molecule has 4 heterocycles. The van der Waals surface area contributed by atoms with Crippen molar-refractivity contribution in [1.29, 1.82) is 0 Å². The van der Waals surface area contributed by atoms with Crippen LogP contribution in [-0.4, -0.2) is 89.2 Å². The molecule has 1 amide bonds. The highest BCUT2D eigenvalue weighted by Gasteiger charge is 2.29. The average molecular weight is 557 g/mol. The van der Waals surface area contributed by atoms with E-state index in [1.165, 1.54) is 25.3 Å². The van der Waals surface area contributed by atoms with Crippen LogP contribution < -0.4 is 14.5 Å². The van der Waals surface area contributed by atoms with Crippen molar-refractivity contribution in [3.8, 4) is 11.8 Å². The molecule has 3 aliphatic rings. The minimum atomic E-state index is -0.0284. The van der Waals surface area contributed by atoms with Crippen molar-refractivity contribution in [2.75, 3.05) is 62.2 Å². The van der Waals surface area contributed by atoms with E-state index in [2.05, 4.69) is 34.3 Å². The van der Waals surface area contributed by atoms with E-state index < -0.39 is 0 Å². The van der Waals surface area contributed by atoms with Crippen LogP contribution in [-0.2, 0) is 17.8 Å². The van der Waals surface area contributed by atoms with Gasteiger partial charge in [0.1, 0.15) is 18.2 Å². The summed E-state index contributed by atoms with van der Waals surface area (Å²) in [6.07, 6.45) is 5.94. The molecule has 0 radical (unpaired) electrons. The number of fused-ring (bicyclic) bond motifs is 2. The molecule has 6 rings (SSSR count). The molecule has 2 saturated heterocycles. The second-order valence-electron chi connectivity index (χ2n) is 11.4. The Morgan fingerprint density at radius 3 is 2.71 bits per heavy atom. The zero-order valence-electron chi connectivity index (χ0n) is 24.0. The van der Waals surface area contributed by atoms with Crippen LogP contribution in [0.25, 0.3) is 10.8 Å². The Bertz CT molecular complexity index is 1420. The Balaban J connectivity index is 1.27. The van der Waals surface area contributed by atoms with Gasteiger partial charge in [-0.25, -0.2) is 0 Å². The fourth-order valence-electron chi connectivity index (χ4n) is 6.47. The normalized spacial score (nSPS) is 19.7. The van der Waals surface area contributed by atoms with Crippen LogP contribution in [0.4, 0.5) is 11.5 Å². The fraction of sp³-hybridized carbons (Fsp3) is 0.469. The molecule has 0 saturated carbocycles. The summed E-state index contributed by atoms with van der Waals surface area (Å²) in [5, 5.41) is 12.6. The number of benzene rings is 2. The third kappa shape index (κ3) is 5.81. The first-order valence-electron chi connectivity index (χ1n) is 14.9. The second-order valence-corrected chi connectivity index (χ2v) is 11.4. The number of hydrogen-bond donors (Lipinski definition) is 1. The molecule has 9 nitrogen and oxygen atoms in total. The summed E-state index contributed by atoms with van der Waals surface area (Å²) in [6.45, 7) is 12.5. The third-order valence-electron chi connectivity index (χ3n) is 8.80. The van der Waals surface area contributed by atoms with Crippen molar-refractivity contribution in [1.82, 2.24) is 19.8 Å². The highest BCUT2D eigenvalue weighted by Crippen LogP contribution is 2.36. The quantitative estimate of drug-likeness (QED) is 0.438. The number of phenolic OH excluding ortho intramolecular Hbond substituents is 1. The number of rotatable bonds is 7. The first kappa shape index (κ1) is 27.3. The Morgan fingerprint density at radius 1 is 1.07 bits per heavy atom. The van der Waals surface area contributed by atoms with Gasteiger partial charge in [0, 0.05) is 68.0 Å². The van der Waals surface area contributed by atoms with Crippen molar-refractivity contribution in [3.63, 3.8) is 0 Å². The number of carbonyl (C=O) groups excluding carboxylic acids is 1. The van der Waals surface area contributed by atoms with E-state index >= 15 is 0 Å². The first-order valence-corrected chi connectivity index (χ1v) is 14.9. The molecule has 0 spiro atoms. The Labute approximate surface area is 242 Å². The van der Waals surface area contributed by atoms with Gasteiger partial charge in [0.2, 0.25) is 5.91 Å². The molecule has 216 valence electrons. The molecule has 9 heteroatoms. The number of amides is 1. The van der Waals surface area contributed by atoms with E-state index in [1.807, 2.05) is 35.2 Å². The maximum atomic E-state index is 12.2. The molecule has 2 fully saturated rings. The van der Waals surface area contributed by atoms with Crippen LogP contribution in [0.2, 0.25) is 0 Å². The van der Waals surface area contributed by atoms with Crippen LogP contribution in [0, 0.1) is 0 Å². The summed E-state index contributed by atoms with van der Waals surface area (Å²) in [4.78, 5) is 31.0. The molecule has 1 atom stereocenters. The van der Waals surface area contributed by atoms with E-state index in [1.54, 1.807) is 0 Å². The number of piperidine rings is 1. The van der Waals surface area contributed by atoms with Gasteiger partial charge in [-0.3, -0.25) is 9.69 Å². The maximum absolute atomic E-state index is 12.2. The SMILES string of the molecule is C=CC(=O)N1CCN(c2nc(OCCN3CCCC[C@@H]3C)nc3c2CCN(c2cc(O)cc4ccccc24)C3)CC1. The number of piperazine rings is 1. The van der Waals surface area contributed by atoms with Gasteiger partial charge in [0.15, 0.2) is 0 Å². The van der Waals surface area contributed by atoms with E-state index in [4.69, 9.17) is 14.7 Å². The van der Waals surface area contributed by atoms with E-state index in [0.717, 1.165) is 59.6 Å². The predicted octanol–water partition coefficient (Wildman–Crippen LogP) is 3.99. The molecule has 1 N–H and O–H groups in total. The molecule has 1 aromatic heterocycles. The van der Waals surface area contributed by atoms with E-state index in [9.17, 15) is 9.90 Å². The second kappa shape index (κ2) is 11.9. The van der Waals surface area contributed by atoms with Crippen LogP contribution in [0.1, 0.15) is 37.4 Å². The fourth-order valence-corrected chi connectivity index (χ4v) is 6.47. The van der Waals surface area contributed by atoms with E-state index in [-0.39, 0.29) is 11.7 Å². The van der Waals surface area contributed by atoms with Gasteiger partial charge < -0.3 is 24.5 Å². The number of aromatic nitrogens is 2. The van der Waals surface area contributed by atoms with Crippen molar-refractivity contribution < 1.29 is 14.6 Å². The van der Waals surface area contributed by atoms with E-state index in [0.29, 0.717) is 51.4 Å². The van der Waals surface area contributed by atoms with Crippen molar-refractivity contribution in [3.05, 3.63) is 60.3 Å². The summed E-state index contributed by atoms with van der Waals surface area (Å²) in [6, 6.07) is 12.8. The van der Waals surface area contributed by atoms with Crippen molar-refractivity contribution in [2.45, 2.75) is 45.2 Å².